The Labute approximate surface area is 165 Å². The van der Waals surface area contributed by atoms with Crippen LogP contribution in [0.3, 0.4) is 0 Å². The molecule has 0 saturated carbocycles. The van der Waals surface area contributed by atoms with Gasteiger partial charge in [0, 0.05) is 15.4 Å². The maximum Gasteiger partial charge on any atom is 0.0933 e. The highest BCUT2D eigenvalue weighted by atomic mass is 32.2. The van der Waals surface area contributed by atoms with Gasteiger partial charge in [0.05, 0.1) is 31.0 Å². The molecular formula is C20H21NO2S3. The molecule has 0 spiro atoms. The van der Waals surface area contributed by atoms with Crippen molar-refractivity contribution in [3.63, 3.8) is 0 Å². The first-order valence-electron chi connectivity index (χ1n) is 8.41. The fraction of sp³-hybridized carbons (Fsp3) is 0.300. The van der Waals surface area contributed by atoms with Gasteiger partial charge in [0.15, 0.2) is 0 Å². The number of hydrogen-bond acceptors (Lipinski definition) is 6. The molecule has 2 N–H and O–H groups in total. The van der Waals surface area contributed by atoms with Crippen molar-refractivity contribution in [1.82, 2.24) is 0 Å². The third kappa shape index (κ3) is 3.10. The first kappa shape index (κ1) is 18.1. The highest BCUT2D eigenvalue weighted by molar-refractivity contribution is 8.03. The number of aliphatic hydroxyl groups is 2. The van der Waals surface area contributed by atoms with Crippen LogP contribution in [0.1, 0.15) is 37.4 Å². The summed E-state index contributed by atoms with van der Waals surface area (Å²) in [6, 6.07) is 14.4. The second kappa shape index (κ2) is 6.11. The average molecular weight is 404 g/mol. The van der Waals surface area contributed by atoms with E-state index in [9.17, 15) is 10.2 Å². The van der Waals surface area contributed by atoms with E-state index in [-0.39, 0.29) is 0 Å². The summed E-state index contributed by atoms with van der Waals surface area (Å²) in [6.45, 7) is 7.29. The molecular weight excluding hydrogens is 382 g/mol. The lowest BCUT2D eigenvalue weighted by atomic mass is 10.1. The lowest BCUT2D eigenvalue weighted by Gasteiger charge is -2.28. The van der Waals surface area contributed by atoms with Gasteiger partial charge in [-0.15, -0.1) is 22.7 Å². The zero-order chi connectivity index (χ0) is 18.7. The second-order valence-corrected chi connectivity index (χ2v) is 11.1. The maximum atomic E-state index is 10.5. The molecule has 26 heavy (non-hydrogen) atoms. The molecule has 136 valence electrons. The third-order valence-electron chi connectivity index (χ3n) is 4.25. The molecule has 4 rings (SSSR count). The SMILES string of the molecule is CC(C)(O)c1cc2c(s1)Sc1sc(C(C)(C)O)cc1N2c1ccccc1. The fourth-order valence-corrected chi connectivity index (χ4v) is 6.82. The Hall–Kier alpha value is -1.31. The van der Waals surface area contributed by atoms with Crippen molar-refractivity contribution in [3.05, 3.63) is 52.2 Å². The van der Waals surface area contributed by atoms with Gasteiger partial charge >= 0.3 is 0 Å². The molecule has 3 heterocycles. The molecule has 0 bridgehead atoms. The summed E-state index contributed by atoms with van der Waals surface area (Å²) in [5.74, 6) is 0. The quantitative estimate of drug-likeness (QED) is 0.427. The molecule has 1 aromatic carbocycles. The Morgan fingerprint density at radius 3 is 1.65 bits per heavy atom. The summed E-state index contributed by atoms with van der Waals surface area (Å²) < 4.78 is 2.34. The van der Waals surface area contributed by atoms with E-state index in [0.717, 1.165) is 26.8 Å². The Morgan fingerprint density at radius 2 is 1.23 bits per heavy atom. The highest BCUT2D eigenvalue weighted by Crippen LogP contribution is 2.58. The van der Waals surface area contributed by atoms with E-state index in [1.807, 2.05) is 45.9 Å². The molecule has 0 unspecified atom stereocenters. The first-order chi connectivity index (χ1) is 12.1. The number of fused-ring (bicyclic) bond motifs is 2. The van der Waals surface area contributed by atoms with E-state index >= 15 is 0 Å². The van der Waals surface area contributed by atoms with Crippen molar-refractivity contribution >= 4 is 51.5 Å². The summed E-state index contributed by atoms with van der Waals surface area (Å²) in [5, 5.41) is 20.9. The number of benzene rings is 1. The summed E-state index contributed by atoms with van der Waals surface area (Å²) in [7, 11) is 0. The average Bonchev–Trinajstić information content (AvgIpc) is 3.16. The highest BCUT2D eigenvalue weighted by Gasteiger charge is 2.33. The molecule has 0 radical (unpaired) electrons. The minimum Gasteiger partial charge on any atom is -0.385 e. The Balaban J connectivity index is 1.91. The number of para-hydroxylation sites is 1. The predicted molar refractivity (Wildman–Crippen MR) is 111 cm³/mol. The van der Waals surface area contributed by atoms with E-state index in [0.29, 0.717) is 0 Å². The summed E-state index contributed by atoms with van der Waals surface area (Å²) in [6.07, 6.45) is 0. The summed E-state index contributed by atoms with van der Waals surface area (Å²) >= 11 is 5.00. The van der Waals surface area contributed by atoms with Crippen LogP contribution >= 0.6 is 34.4 Å². The topological polar surface area (TPSA) is 43.7 Å². The monoisotopic (exact) mass is 403 g/mol. The lowest BCUT2D eigenvalue weighted by molar-refractivity contribution is 0.0820. The number of rotatable bonds is 3. The van der Waals surface area contributed by atoms with Crippen LogP contribution < -0.4 is 4.90 Å². The normalized spacial score (nSPS) is 14.3. The van der Waals surface area contributed by atoms with E-state index in [4.69, 9.17) is 0 Å². The van der Waals surface area contributed by atoms with E-state index in [2.05, 4.69) is 29.2 Å². The third-order valence-corrected chi connectivity index (χ3v) is 8.50. The van der Waals surface area contributed by atoms with Crippen LogP contribution in [0, 0.1) is 0 Å². The van der Waals surface area contributed by atoms with Crippen molar-refractivity contribution in [2.24, 2.45) is 0 Å². The largest absolute Gasteiger partial charge is 0.385 e. The fourth-order valence-electron chi connectivity index (χ4n) is 2.86. The van der Waals surface area contributed by atoms with Crippen LogP contribution in [0.4, 0.5) is 17.1 Å². The molecule has 1 aliphatic rings. The Bertz CT molecular complexity index is 888. The van der Waals surface area contributed by atoms with Gasteiger partial charge in [-0.3, -0.25) is 0 Å². The summed E-state index contributed by atoms with van der Waals surface area (Å²) in [4.78, 5) is 4.14. The number of hydrogen-bond donors (Lipinski definition) is 2. The van der Waals surface area contributed by atoms with E-state index in [1.54, 1.807) is 34.4 Å². The maximum absolute atomic E-state index is 10.5. The van der Waals surface area contributed by atoms with Crippen molar-refractivity contribution in [3.8, 4) is 0 Å². The zero-order valence-electron chi connectivity index (χ0n) is 15.1. The second-order valence-electron chi connectivity index (χ2n) is 7.46. The van der Waals surface area contributed by atoms with Crippen LogP contribution in [0.5, 0.6) is 0 Å². The van der Waals surface area contributed by atoms with Crippen LogP contribution in [0.15, 0.2) is 50.9 Å². The standard InChI is InChI=1S/C20H21NO2S3/c1-19(2,22)15-10-13-17(24-15)26-18-14(11-16(25-18)20(3,4)23)21(13)12-8-6-5-7-9-12/h5-11,22-23H,1-4H3. The van der Waals surface area contributed by atoms with Crippen molar-refractivity contribution in [2.45, 2.75) is 47.3 Å². The lowest BCUT2D eigenvalue weighted by Crippen LogP contribution is -2.15. The van der Waals surface area contributed by atoms with Gasteiger partial charge in [-0.05, 0) is 52.0 Å². The summed E-state index contributed by atoms with van der Waals surface area (Å²) in [5.41, 5.74) is 1.54. The van der Waals surface area contributed by atoms with Gasteiger partial charge in [0.25, 0.3) is 0 Å². The van der Waals surface area contributed by atoms with Gasteiger partial charge in [0.2, 0.25) is 0 Å². The minimum atomic E-state index is -0.864. The van der Waals surface area contributed by atoms with Gasteiger partial charge in [-0.1, -0.05) is 30.0 Å². The first-order valence-corrected chi connectivity index (χ1v) is 10.9. The molecule has 3 aromatic rings. The number of anilines is 3. The van der Waals surface area contributed by atoms with E-state index in [1.165, 1.54) is 8.42 Å². The zero-order valence-corrected chi connectivity index (χ0v) is 17.6. The molecule has 2 aromatic heterocycles. The number of thiophene rings is 2. The van der Waals surface area contributed by atoms with Crippen LogP contribution in [-0.4, -0.2) is 10.2 Å². The molecule has 6 heteroatoms. The Morgan fingerprint density at radius 1 is 0.769 bits per heavy atom. The van der Waals surface area contributed by atoms with Gasteiger partial charge in [0.1, 0.15) is 0 Å². The molecule has 0 saturated heterocycles. The van der Waals surface area contributed by atoms with Crippen LogP contribution in [0.2, 0.25) is 0 Å². The molecule has 0 fully saturated rings. The van der Waals surface area contributed by atoms with E-state index < -0.39 is 11.2 Å². The molecule has 1 aliphatic heterocycles. The van der Waals surface area contributed by atoms with Crippen LogP contribution in [-0.2, 0) is 11.2 Å². The van der Waals surface area contributed by atoms with Gasteiger partial charge in [-0.25, -0.2) is 0 Å². The molecule has 0 aliphatic carbocycles. The minimum absolute atomic E-state index is 0.864. The van der Waals surface area contributed by atoms with Crippen molar-refractivity contribution < 1.29 is 10.2 Å². The Kier molecular flexibility index (Phi) is 4.24. The smallest absolute Gasteiger partial charge is 0.0933 e. The predicted octanol–water partition coefficient (Wildman–Crippen LogP) is 6.20. The van der Waals surface area contributed by atoms with Gasteiger partial charge in [-0.2, -0.15) is 0 Å². The van der Waals surface area contributed by atoms with Crippen molar-refractivity contribution in [1.29, 1.82) is 0 Å². The number of nitrogens with zero attached hydrogens (tertiary/aromatic N) is 1. The van der Waals surface area contributed by atoms with Crippen LogP contribution in [0.25, 0.3) is 0 Å². The van der Waals surface area contributed by atoms with Gasteiger partial charge < -0.3 is 15.1 Å². The molecule has 0 amide bonds. The van der Waals surface area contributed by atoms with Crippen molar-refractivity contribution in [2.75, 3.05) is 4.90 Å². The molecule has 0 atom stereocenters. The molecule has 3 nitrogen and oxygen atoms in total.